The summed E-state index contributed by atoms with van der Waals surface area (Å²) >= 11 is 1.83. The molecule has 11 rings (SSSR count). The van der Waals surface area contributed by atoms with Crippen molar-refractivity contribution in [2.24, 2.45) is 0 Å². The number of thiophene rings is 1. The normalized spacial score (nSPS) is 13.1. The summed E-state index contributed by atoms with van der Waals surface area (Å²) in [5.74, 6) is 1.95. The summed E-state index contributed by atoms with van der Waals surface area (Å²) in [5.41, 5.74) is 8.99. The van der Waals surface area contributed by atoms with Crippen molar-refractivity contribution in [3.63, 3.8) is 0 Å². The van der Waals surface area contributed by atoms with Crippen LogP contribution in [0.1, 0.15) is 18.4 Å². The van der Waals surface area contributed by atoms with E-state index < -0.39 is 0 Å². The molecule has 0 amide bonds. The molecule has 0 radical (unpaired) electrons. The fourth-order valence-electron chi connectivity index (χ4n) is 8.11. The van der Waals surface area contributed by atoms with E-state index in [0.717, 1.165) is 57.0 Å². The molecule has 3 heterocycles. The fraction of sp³-hybridized carbons (Fsp3) is 0.0408. The van der Waals surface area contributed by atoms with Crippen LogP contribution in [0.4, 0.5) is 0 Å². The quantitative estimate of drug-likeness (QED) is 0.179. The number of benzene rings is 7. The average molecular weight is 709 g/mol. The third kappa shape index (κ3) is 5.08. The Bertz CT molecular complexity index is 3110. The van der Waals surface area contributed by atoms with Crippen molar-refractivity contribution in [2.75, 3.05) is 0 Å². The molecule has 5 heteroatoms. The van der Waals surface area contributed by atoms with Crippen LogP contribution in [0.15, 0.2) is 170 Å². The van der Waals surface area contributed by atoms with Crippen LogP contribution < -0.4 is 0 Å². The Balaban J connectivity index is 1.12. The molecule has 0 N–H and O–H groups in total. The van der Waals surface area contributed by atoms with Gasteiger partial charge in [0.05, 0.1) is 11.0 Å². The molecule has 1 aliphatic rings. The van der Waals surface area contributed by atoms with Crippen LogP contribution in [-0.4, -0.2) is 19.5 Å². The molecule has 54 heavy (non-hydrogen) atoms. The highest BCUT2D eigenvalue weighted by atomic mass is 32.1. The molecule has 0 bridgehead atoms. The number of fused-ring (bicyclic) bond motifs is 7. The minimum absolute atomic E-state index is 0.647. The largest absolute Gasteiger partial charge is 0.309 e. The second-order valence-electron chi connectivity index (χ2n) is 13.9. The smallest absolute Gasteiger partial charge is 0.164 e. The third-order valence-corrected chi connectivity index (χ3v) is 11.8. The van der Waals surface area contributed by atoms with Crippen molar-refractivity contribution in [3.05, 3.63) is 175 Å². The maximum absolute atomic E-state index is 5.29. The van der Waals surface area contributed by atoms with E-state index in [1.165, 1.54) is 42.1 Å². The van der Waals surface area contributed by atoms with E-state index in [1.807, 2.05) is 29.5 Å². The number of para-hydroxylation sites is 2. The lowest BCUT2D eigenvalue weighted by atomic mass is 9.96. The van der Waals surface area contributed by atoms with Gasteiger partial charge in [-0.1, -0.05) is 133 Å². The van der Waals surface area contributed by atoms with Crippen LogP contribution in [0.5, 0.6) is 0 Å². The maximum atomic E-state index is 5.29. The van der Waals surface area contributed by atoms with E-state index >= 15 is 0 Å². The van der Waals surface area contributed by atoms with Crippen LogP contribution in [0.25, 0.3) is 98.2 Å². The minimum atomic E-state index is 0.647. The van der Waals surface area contributed by atoms with Crippen molar-refractivity contribution in [3.8, 4) is 39.9 Å². The monoisotopic (exact) mass is 708 g/mol. The third-order valence-electron chi connectivity index (χ3n) is 10.7. The number of aromatic nitrogens is 4. The standard InChI is InChI=1S/C49H32N4S/c1-3-13-31(14-4-1)33-23-25-40-41-26-24-35(29-46(41)54-45(40)28-33)48-50-47(32-15-5-2-6-16-32)51-49(52-48)42-30-36(27-34-17-7-8-18-37(34)42)53-43-21-11-9-19-38(43)39-20-10-12-22-44(39)53/h1-3,5-13,15-30H,4,14H2. The lowest BCUT2D eigenvalue weighted by molar-refractivity contribution is 1.05. The van der Waals surface area contributed by atoms with Gasteiger partial charge in [-0.05, 0) is 71.1 Å². The van der Waals surface area contributed by atoms with Crippen LogP contribution in [-0.2, 0) is 0 Å². The molecular weight excluding hydrogens is 677 g/mol. The van der Waals surface area contributed by atoms with E-state index in [1.54, 1.807) is 0 Å². The van der Waals surface area contributed by atoms with Gasteiger partial charge in [0.15, 0.2) is 17.5 Å². The Hall–Kier alpha value is -6.69. The van der Waals surface area contributed by atoms with Gasteiger partial charge in [-0.25, -0.2) is 15.0 Å². The van der Waals surface area contributed by atoms with Crippen molar-refractivity contribution in [1.29, 1.82) is 0 Å². The molecule has 1 aliphatic carbocycles. The number of hydrogen-bond acceptors (Lipinski definition) is 4. The molecule has 3 aromatic heterocycles. The number of nitrogens with zero attached hydrogens (tertiary/aromatic N) is 4. The Morgan fingerprint density at radius 3 is 1.81 bits per heavy atom. The summed E-state index contributed by atoms with van der Waals surface area (Å²) in [6, 6.07) is 54.1. The van der Waals surface area contributed by atoms with Crippen LogP contribution >= 0.6 is 11.3 Å². The van der Waals surface area contributed by atoms with E-state index in [9.17, 15) is 0 Å². The fourth-order valence-corrected chi connectivity index (χ4v) is 9.30. The molecule has 0 saturated carbocycles. The zero-order chi connectivity index (χ0) is 35.6. The first kappa shape index (κ1) is 30.9. The first-order valence-electron chi connectivity index (χ1n) is 18.4. The summed E-state index contributed by atoms with van der Waals surface area (Å²) in [6.07, 6.45) is 8.85. The van der Waals surface area contributed by atoms with Crippen LogP contribution in [0, 0.1) is 0 Å². The summed E-state index contributed by atoms with van der Waals surface area (Å²) in [4.78, 5) is 15.6. The molecule has 0 saturated heterocycles. The summed E-state index contributed by atoms with van der Waals surface area (Å²) in [6.45, 7) is 0. The molecule has 0 spiro atoms. The van der Waals surface area contributed by atoms with Crippen molar-refractivity contribution < 1.29 is 0 Å². The summed E-state index contributed by atoms with van der Waals surface area (Å²) < 4.78 is 4.88. The van der Waals surface area contributed by atoms with E-state index in [-0.39, 0.29) is 0 Å². The van der Waals surface area contributed by atoms with Gasteiger partial charge >= 0.3 is 0 Å². The van der Waals surface area contributed by atoms with Gasteiger partial charge in [0, 0.05) is 53.3 Å². The van der Waals surface area contributed by atoms with Gasteiger partial charge in [-0.15, -0.1) is 11.3 Å². The second-order valence-corrected chi connectivity index (χ2v) is 15.0. The molecule has 10 aromatic rings. The summed E-state index contributed by atoms with van der Waals surface area (Å²) in [5, 5.41) is 7.22. The Morgan fingerprint density at radius 1 is 0.481 bits per heavy atom. The van der Waals surface area contributed by atoms with Crippen LogP contribution in [0.3, 0.4) is 0 Å². The Morgan fingerprint density at radius 2 is 1.09 bits per heavy atom. The molecule has 254 valence electrons. The maximum Gasteiger partial charge on any atom is 0.164 e. The second kappa shape index (κ2) is 12.5. The first-order valence-corrected chi connectivity index (χ1v) is 19.2. The van der Waals surface area contributed by atoms with Gasteiger partial charge in [0.1, 0.15) is 0 Å². The predicted molar refractivity (Wildman–Crippen MR) is 227 cm³/mol. The topological polar surface area (TPSA) is 43.6 Å². The number of hydrogen-bond donors (Lipinski definition) is 0. The first-order chi connectivity index (χ1) is 26.7. The van der Waals surface area contributed by atoms with E-state index in [0.29, 0.717) is 17.5 Å². The lowest BCUT2D eigenvalue weighted by Gasteiger charge is -2.14. The number of allylic oxidation sites excluding steroid dienone is 4. The predicted octanol–water partition coefficient (Wildman–Crippen LogP) is 13.2. The van der Waals surface area contributed by atoms with Gasteiger partial charge in [0.25, 0.3) is 0 Å². The SMILES string of the molecule is C1=CCCC(c2ccc3c(c2)sc2cc(-c4nc(-c5ccccc5)nc(-c5cc(-n6c7ccccc7c7ccccc76)cc6ccccc56)n4)ccc23)=C1. The van der Waals surface area contributed by atoms with Gasteiger partial charge in [-0.2, -0.15) is 0 Å². The Labute approximate surface area is 316 Å². The van der Waals surface area contributed by atoms with Crippen molar-refractivity contribution >= 4 is 69.7 Å². The van der Waals surface area contributed by atoms with Gasteiger partial charge in [0.2, 0.25) is 0 Å². The van der Waals surface area contributed by atoms with Gasteiger partial charge in [-0.3, -0.25) is 0 Å². The molecule has 4 nitrogen and oxygen atoms in total. The molecule has 0 atom stereocenters. The van der Waals surface area contributed by atoms with Gasteiger partial charge < -0.3 is 4.57 Å². The summed E-state index contributed by atoms with van der Waals surface area (Å²) in [7, 11) is 0. The molecule has 0 fully saturated rings. The number of rotatable bonds is 5. The Kier molecular flexibility index (Phi) is 7.13. The highest BCUT2D eigenvalue weighted by Crippen LogP contribution is 2.40. The molecule has 0 aliphatic heterocycles. The lowest BCUT2D eigenvalue weighted by Crippen LogP contribution is -2.02. The van der Waals surface area contributed by atoms with Crippen molar-refractivity contribution in [2.45, 2.75) is 12.8 Å². The van der Waals surface area contributed by atoms with E-state index in [4.69, 9.17) is 15.0 Å². The van der Waals surface area contributed by atoms with Crippen LogP contribution in [0.2, 0.25) is 0 Å². The van der Waals surface area contributed by atoms with E-state index in [2.05, 4.69) is 156 Å². The zero-order valence-corrected chi connectivity index (χ0v) is 30.1. The molecular formula is C49H32N4S. The minimum Gasteiger partial charge on any atom is -0.309 e. The molecule has 7 aromatic carbocycles. The van der Waals surface area contributed by atoms with Crippen molar-refractivity contribution in [1.82, 2.24) is 19.5 Å². The average Bonchev–Trinajstić information content (AvgIpc) is 3.78. The highest BCUT2D eigenvalue weighted by Gasteiger charge is 2.19. The molecule has 0 unspecified atom stereocenters. The zero-order valence-electron chi connectivity index (χ0n) is 29.3. The highest BCUT2D eigenvalue weighted by molar-refractivity contribution is 7.25.